The van der Waals surface area contributed by atoms with Gasteiger partial charge in [-0.15, -0.1) is 0 Å². The minimum absolute atomic E-state index is 0.000392. The van der Waals surface area contributed by atoms with Crippen molar-refractivity contribution in [1.29, 1.82) is 0 Å². The summed E-state index contributed by atoms with van der Waals surface area (Å²) < 4.78 is 10.9. The van der Waals surface area contributed by atoms with Crippen molar-refractivity contribution in [3.63, 3.8) is 0 Å². The lowest BCUT2D eigenvalue weighted by Gasteiger charge is -2.18. The van der Waals surface area contributed by atoms with Gasteiger partial charge >= 0.3 is 0 Å². The average Bonchev–Trinajstić information content (AvgIpc) is 2.88. The van der Waals surface area contributed by atoms with Crippen molar-refractivity contribution in [3.8, 4) is 5.88 Å². The first-order chi connectivity index (χ1) is 9.61. The fourth-order valence-corrected chi connectivity index (χ4v) is 2.13. The molecule has 6 heteroatoms. The molecular weight excluding hydrogens is 258 g/mol. The molecule has 1 aliphatic heterocycles. The second kappa shape index (κ2) is 6.67. The third-order valence-electron chi connectivity index (χ3n) is 3.16. The van der Waals surface area contributed by atoms with Gasteiger partial charge in [0.2, 0.25) is 11.8 Å². The molecule has 0 spiro atoms. The Labute approximate surface area is 118 Å². The predicted molar refractivity (Wildman–Crippen MR) is 75.8 cm³/mol. The van der Waals surface area contributed by atoms with Gasteiger partial charge in [-0.25, -0.2) is 4.98 Å². The third-order valence-corrected chi connectivity index (χ3v) is 3.16. The summed E-state index contributed by atoms with van der Waals surface area (Å²) >= 11 is 0. The van der Waals surface area contributed by atoms with Gasteiger partial charge in [-0.3, -0.25) is 4.79 Å². The molecule has 2 unspecified atom stereocenters. The van der Waals surface area contributed by atoms with E-state index < -0.39 is 0 Å². The van der Waals surface area contributed by atoms with E-state index in [0.717, 1.165) is 0 Å². The Balaban J connectivity index is 2.07. The number of carbonyl (C=O) groups excluding carboxylic acids is 1. The van der Waals surface area contributed by atoms with E-state index in [1.807, 2.05) is 20.9 Å². The number of likely N-dealkylation sites (N-methyl/N-ethyl adjacent to an activating group) is 1. The first-order valence-electron chi connectivity index (χ1n) is 6.79. The number of anilines is 1. The van der Waals surface area contributed by atoms with Crippen LogP contribution in [-0.2, 0) is 9.53 Å². The minimum atomic E-state index is -0.202. The van der Waals surface area contributed by atoms with Crippen LogP contribution in [0.5, 0.6) is 5.88 Å². The van der Waals surface area contributed by atoms with Crippen molar-refractivity contribution in [1.82, 2.24) is 10.3 Å². The zero-order chi connectivity index (χ0) is 14.5. The fourth-order valence-electron chi connectivity index (χ4n) is 2.13. The molecule has 1 aromatic heterocycles. The fraction of sp³-hybridized carbons (Fsp3) is 0.571. The maximum absolute atomic E-state index is 12.3. The topological polar surface area (TPSA) is 72.5 Å². The smallest absolute Gasteiger partial charge is 0.238 e. The van der Waals surface area contributed by atoms with Crippen LogP contribution in [0, 0.1) is 5.92 Å². The number of aromatic nitrogens is 1. The van der Waals surface area contributed by atoms with Gasteiger partial charge in [-0.1, -0.05) is 0 Å². The average molecular weight is 279 g/mol. The number of hydrogen-bond acceptors (Lipinski definition) is 5. The van der Waals surface area contributed by atoms with Crippen molar-refractivity contribution < 1.29 is 14.3 Å². The number of amides is 1. The van der Waals surface area contributed by atoms with Crippen molar-refractivity contribution in [2.45, 2.75) is 26.0 Å². The highest BCUT2D eigenvalue weighted by atomic mass is 16.5. The van der Waals surface area contributed by atoms with Crippen molar-refractivity contribution >= 4 is 11.6 Å². The third kappa shape index (κ3) is 3.46. The first-order valence-corrected chi connectivity index (χ1v) is 6.79. The summed E-state index contributed by atoms with van der Waals surface area (Å²) in [5.74, 6) is 0.159. The molecule has 1 aliphatic rings. The van der Waals surface area contributed by atoms with Crippen LogP contribution in [-0.4, -0.2) is 43.3 Å². The molecule has 0 saturated carbocycles. The van der Waals surface area contributed by atoms with Gasteiger partial charge in [0.15, 0.2) is 0 Å². The first kappa shape index (κ1) is 14.7. The van der Waals surface area contributed by atoms with E-state index in [1.54, 1.807) is 18.3 Å². The standard InChI is InChI=1S/C14H21N3O3/c1-9(2)20-14-11(5-4-6-16-14)17-13(18)10-7-19-8-12(10)15-3/h4-6,9-10,12,15H,7-8H2,1-3H3,(H,17,18). The molecule has 1 amide bonds. The Morgan fingerprint density at radius 1 is 1.50 bits per heavy atom. The summed E-state index contributed by atoms with van der Waals surface area (Å²) in [7, 11) is 1.83. The monoisotopic (exact) mass is 279 g/mol. The number of nitrogens with one attached hydrogen (secondary N) is 2. The van der Waals surface area contributed by atoms with E-state index in [-0.39, 0.29) is 24.0 Å². The van der Waals surface area contributed by atoms with Gasteiger partial charge in [-0.05, 0) is 33.0 Å². The van der Waals surface area contributed by atoms with Gasteiger partial charge in [0.1, 0.15) is 5.69 Å². The van der Waals surface area contributed by atoms with Gasteiger partial charge in [0.25, 0.3) is 0 Å². The molecule has 2 heterocycles. The van der Waals surface area contributed by atoms with E-state index in [4.69, 9.17) is 9.47 Å². The normalized spacial score (nSPS) is 22.0. The zero-order valence-electron chi connectivity index (χ0n) is 12.1. The maximum Gasteiger partial charge on any atom is 0.238 e. The van der Waals surface area contributed by atoms with E-state index in [2.05, 4.69) is 15.6 Å². The summed E-state index contributed by atoms with van der Waals surface area (Å²) in [6.07, 6.45) is 1.64. The number of ether oxygens (including phenoxy) is 2. The van der Waals surface area contributed by atoms with Crippen LogP contribution in [0.1, 0.15) is 13.8 Å². The van der Waals surface area contributed by atoms with Crippen LogP contribution in [0.15, 0.2) is 18.3 Å². The molecule has 110 valence electrons. The maximum atomic E-state index is 12.3. The molecule has 0 aliphatic carbocycles. The van der Waals surface area contributed by atoms with Crippen molar-refractivity contribution in [2.75, 3.05) is 25.6 Å². The van der Waals surface area contributed by atoms with E-state index >= 15 is 0 Å². The Morgan fingerprint density at radius 3 is 3.00 bits per heavy atom. The molecule has 2 rings (SSSR count). The number of carbonyl (C=O) groups is 1. The second-order valence-electron chi connectivity index (χ2n) is 5.05. The molecule has 0 radical (unpaired) electrons. The van der Waals surface area contributed by atoms with Crippen LogP contribution in [0.2, 0.25) is 0 Å². The van der Waals surface area contributed by atoms with Crippen molar-refractivity contribution in [2.24, 2.45) is 5.92 Å². The lowest BCUT2D eigenvalue weighted by atomic mass is 10.0. The molecule has 2 N–H and O–H groups in total. The largest absolute Gasteiger partial charge is 0.473 e. The minimum Gasteiger partial charge on any atom is -0.473 e. The molecule has 0 bridgehead atoms. The number of hydrogen-bond donors (Lipinski definition) is 2. The number of rotatable bonds is 5. The van der Waals surface area contributed by atoms with E-state index in [0.29, 0.717) is 24.8 Å². The highest BCUT2D eigenvalue weighted by molar-refractivity contribution is 5.94. The Kier molecular flexibility index (Phi) is 4.92. The molecule has 1 fully saturated rings. The summed E-state index contributed by atoms with van der Waals surface area (Å²) in [5.41, 5.74) is 0.591. The lowest BCUT2D eigenvalue weighted by molar-refractivity contribution is -0.120. The van der Waals surface area contributed by atoms with Crippen LogP contribution < -0.4 is 15.4 Å². The predicted octanol–water partition coefficient (Wildman–Crippen LogP) is 1.04. The van der Waals surface area contributed by atoms with Crippen molar-refractivity contribution in [3.05, 3.63) is 18.3 Å². The number of pyridine rings is 1. The molecular formula is C14H21N3O3. The van der Waals surface area contributed by atoms with E-state index in [1.165, 1.54) is 0 Å². The van der Waals surface area contributed by atoms with Crippen LogP contribution in [0.4, 0.5) is 5.69 Å². The quantitative estimate of drug-likeness (QED) is 0.842. The number of nitrogens with zero attached hydrogens (tertiary/aromatic N) is 1. The summed E-state index contributed by atoms with van der Waals surface area (Å²) in [4.78, 5) is 16.5. The van der Waals surface area contributed by atoms with Crippen LogP contribution >= 0.6 is 0 Å². The molecule has 2 atom stereocenters. The van der Waals surface area contributed by atoms with Crippen LogP contribution in [0.25, 0.3) is 0 Å². The molecule has 20 heavy (non-hydrogen) atoms. The Bertz CT molecular complexity index is 465. The molecule has 1 saturated heterocycles. The molecule has 0 aromatic carbocycles. The van der Waals surface area contributed by atoms with E-state index in [9.17, 15) is 4.79 Å². The second-order valence-corrected chi connectivity index (χ2v) is 5.05. The summed E-state index contributed by atoms with van der Waals surface area (Å²) in [5, 5.41) is 5.97. The van der Waals surface area contributed by atoms with Gasteiger partial charge in [-0.2, -0.15) is 0 Å². The lowest BCUT2D eigenvalue weighted by Crippen LogP contribution is -2.39. The molecule has 1 aromatic rings. The zero-order valence-corrected chi connectivity index (χ0v) is 12.1. The summed E-state index contributed by atoms with van der Waals surface area (Å²) in [6.45, 7) is 4.82. The van der Waals surface area contributed by atoms with Gasteiger partial charge in [0.05, 0.1) is 25.2 Å². The Morgan fingerprint density at radius 2 is 2.30 bits per heavy atom. The Hall–Kier alpha value is -1.66. The van der Waals surface area contributed by atoms with Gasteiger partial charge < -0.3 is 20.1 Å². The highest BCUT2D eigenvalue weighted by Crippen LogP contribution is 2.24. The van der Waals surface area contributed by atoms with Gasteiger partial charge in [0, 0.05) is 12.2 Å². The highest BCUT2D eigenvalue weighted by Gasteiger charge is 2.33. The SMILES string of the molecule is CNC1COCC1C(=O)Nc1cccnc1OC(C)C. The summed E-state index contributed by atoms with van der Waals surface area (Å²) in [6, 6.07) is 3.59. The molecule has 6 nitrogen and oxygen atoms in total. The van der Waals surface area contributed by atoms with Crippen LogP contribution in [0.3, 0.4) is 0 Å².